The van der Waals surface area contributed by atoms with Gasteiger partial charge in [-0.3, -0.25) is 0 Å². The molecule has 1 heterocycles. The van der Waals surface area contributed by atoms with Gasteiger partial charge in [0, 0.05) is 10.9 Å². The highest BCUT2D eigenvalue weighted by Crippen LogP contribution is 2.32. The van der Waals surface area contributed by atoms with Crippen LogP contribution in [0.3, 0.4) is 0 Å². The van der Waals surface area contributed by atoms with Gasteiger partial charge in [0.25, 0.3) is 0 Å². The number of nitrogens with zero attached hydrogens (tertiary/aromatic N) is 1. The lowest BCUT2D eigenvalue weighted by molar-refractivity contribution is 0.334. The normalized spacial score (nSPS) is 12.7. The van der Waals surface area contributed by atoms with Gasteiger partial charge in [-0.2, -0.15) is 0 Å². The van der Waals surface area contributed by atoms with Gasteiger partial charge >= 0.3 is 0 Å². The van der Waals surface area contributed by atoms with Crippen LogP contribution in [0.15, 0.2) is 29.6 Å². The number of thiazole rings is 1. The fourth-order valence-corrected chi connectivity index (χ4v) is 3.22. The van der Waals surface area contributed by atoms with Crippen molar-refractivity contribution in [3.05, 3.63) is 45.9 Å². The Kier molecular flexibility index (Phi) is 5.15. The molecule has 0 saturated carbocycles. The molecule has 0 radical (unpaired) electrons. The van der Waals surface area contributed by atoms with E-state index in [-0.39, 0.29) is 6.04 Å². The summed E-state index contributed by atoms with van der Waals surface area (Å²) in [6.45, 7) is 7.01. The first-order chi connectivity index (χ1) is 9.67. The van der Waals surface area contributed by atoms with E-state index in [9.17, 15) is 0 Å². The Bertz CT molecular complexity index is 551. The number of rotatable bonds is 6. The van der Waals surface area contributed by atoms with E-state index in [2.05, 4.69) is 30.6 Å². The summed E-state index contributed by atoms with van der Waals surface area (Å²) in [5.41, 5.74) is 2.29. The summed E-state index contributed by atoms with van der Waals surface area (Å²) in [6, 6.07) is 8.24. The Balaban J connectivity index is 2.36. The maximum atomic E-state index is 5.73. The van der Waals surface area contributed by atoms with Crippen molar-refractivity contribution in [1.29, 1.82) is 0 Å². The molecule has 0 bridgehead atoms. The van der Waals surface area contributed by atoms with Crippen LogP contribution >= 0.6 is 11.3 Å². The number of para-hydroxylation sites is 1. The van der Waals surface area contributed by atoms with Crippen LogP contribution in [0.5, 0.6) is 5.75 Å². The molecule has 0 aliphatic heterocycles. The van der Waals surface area contributed by atoms with Crippen molar-refractivity contribution in [3.63, 3.8) is 0 Å². The Morgan fingerprint density at radius 3 is 2.65 bits per heavy atom. The third kappa shape index (κ3) is 3.19. The van der Waals surface area contributed by atoms with Crippen molar-refractivity contribution >= 4 is 11.3 Å². The highest BCUT2D eigenvalue weighted by Gasteiger charge is 2.20. The fraction of sp³-hybridized carbons (Fsp3) is 0.438. The molecule has 2 rings (SSSR count). The summed E-state index contributed by atoms with van der Waals surface area (Å²) < 4.78 is 5.73. The molecule has 1 aromatic carbocycles. The average Bonchev–Trinajstić information content (AvgIpc) is 2.92. The standard InChI is InChI=1S/C16H22N2OS/c1-5-19-14-9-7-6-8-12(14)15(17-4)16-18-13(10-20-16)11(2)3/h6-11,15,17H,5H2,1-4H3. The topological polar surface area (TPSA) is 34.1 Å². The van der Waals surface area contributed by atoms with Crippen molar-refractivity contribution in [1.82, 2.24) is 10.3 Å². The summed E-state index contributed by atoms with van der Waals surface area (Å²) in [7, 11) is 1.96. The van der Waals surface area contributed by atoms with E-state index in [1.165, 1.54) is 0 Å². The van der Waals surface area contributed by atoms with E-state index >= 15 is 0 Å². The highest BCUT2D eigenvalue weighted by molar-refractivity contribution is 7.09. The Morgan fingerprint density at radius 1 is 1.30 bits per heavy atom. The number of ether oxygens (including phenoxy) is 1. The van der Waals surface area contributed by atoms with Gasteiger partial charge in [0.2, 0.25) is 0 Å². The van der Waals surface area contributed by atoms with E-state index in [1.54, 1.807) is 11.3 Å². The summed E-state index contributed by atoms with van der Waals surface area (Å²) in [5.74, 6) is 1.38. The monoisotopic (exact) mass is 290 g/mol. The predicted molar refractivity (Wildman–Crippen MR) is 84.7 cm³/mol. The van der Waals surface area contributed by atoms with Gasteiger partial charge < -0.3 is 10.1 Å². The zero-order chi connectivity index (χ0) is 14.5. The Morgan fingerprint density at radius 2 is 2.05 bits per heavy atom. The lowest BCUT2D eigenvalue weighted by atomic mass is 10.1. The second kappa shape index (κ2) is 6.86. The van der Waals surface area contributed by atoms with Gasteiger partial charge in [-0.25, -0.2) is 4.98 Å². The smallest absolute Gasteiger partial charge is 0.124 e. The van der Waals surface area contributed by atoms with Crippen molar-refractivity contribution in [2.45, 2.75) is 32.7 Å². The molecule has 0 fully saturated rings. The summed E-state index contributed by atoms with van der Waals surface area (Å²) in [4.78, 5) is 4.76. The van der Waals surface area contributed by atoms with Crippen LogP contribution in [0, 0.1) is 0 Å². The fourth-order valence-electron chi connectivity index (χ4n) is 2.12. The molecule has 1 atom stereocenters. The Hall–Kier alpha value is -1.39. The molecular weight excluding hydrogens is 268 g/mol. The first-order valence-corrected chi connectivity index (χ1v) is 7.89. The summed E-state index contributed by atoms with van der Waals surface area (Å²) >= 11 is 1.70. The molecule has 1 N–H and O–H groups in total. The molecule has 0 aliphatic carbocycles. The molecule has 1 unspecified atom stereocenters. The van der Waals surface area contributed by atoms with Gasteiger partial charge in [-0.1, -0.05) is 32.0 Å². The first kappa shape index (κ1) is 15.0. The second-order valence-electron chi connectivity index (χ2n) is 4.96. The van der Waals surface area contributed by atoms with Crippen molar-refractivity contribution in [2.75, 3.05) is 13.7 Å². The van der Waals surface area contributed by atoms with Gasteiger partial charge in [-0.15, -0.1) is 11.3 Å². The molecule has 20 heavy (non-hydrogen) atoms. The highest BCUT2D eigenvalue weighted by atomic mass is 32.1. The van der Waals surface area contributed by atoms with Gasteiger partial charge in [0.1, 0.15) is 10.8 Å². The summed E-state index contributed by atoms with van der Waals surface area (Å²) in [6.07, 6.45) is 0. The molecular formula is C16H22N2OS. The van der Waals surface area contributed by atoms with Gasteiger partial charge in [-0.05, 0) is 26.0 Å². The van der Waals surface area contributed by atoms with Crippen LogP contribution < -0.4 is 10.1 Å². The number of aromatic nitrogens is 1. The van der Waals surface area contributed by atoms with Crippen molar-refractivity contribution in [3.8, 4) is 5.75 Å². The van der Waals surface area contributed by atoms with E-state index in [1.807, 2.05) is 32.2 Å². The van der Waals surface area contributed by atoms with Crippen LogP contribution in [-0.4, -0.2) is 18.6 Å². The minimum Gasteiger partial charge on any atom is -0.494 e. The van der Waals surface area contributed by atoms with Gasteiger partial charge in [0.15, 0.2) is 0 Å². The van der Waals surface area contributed by atoms with Gasteiger partial charge in [0.05, 0.1) is 18.3 Å². The van der Waals surface area contributed by atoms with Crippen LogP contribution in [0.2, 0.25) is 0 Å². The van der Waals surface area contributed by atoms with E-state index < -0.39 is 0 Å². The average molecular weight is 290 g/mol. The lowest BCUT2D eigenvalue weighted by Gasteiger charge is -2.18. The van der Waals surface area contributed by atoms with Crippen molar-refractivity contribution < 1.29 is 4.74 Å². The third-order valence-corrected chi connectivity index (χ3v) is 4.12. The number of nitrogens with one attached hydrogen (secondary N) is 1. The van der Waals surface area contributed by atoms with Crippen molar-refractivity contribution in [2.24, 2.45) is 0 Å². The van der Waals surface area contributed by atoms with Crippen LogP contribution in [0.25, 0.3) is 0 Å². The number of hydrogen-bond acceptors (Lipinski definition) is 4. The zero-order valence-corrected chi connectivity index (χ0v) is 13.3. The lowest BCUT2D eigenvalue weighted by Crippen LogP contribution is -2.18. The second-order valence-corrected chi connectivity index (χ2v) is 5.85. The summed E-state index contributed by atoms with van der Waals surface area (Å²) in [5, 5.41) is 6.59. The molecule has 2 aromatic rings. The molecule has 0 amide bonds. The zero-order valence-electron chi connectivity index (χ0n) is 12.5. The first-order valence-electron chi connectivity index (χ1n) is 7.01. The maximum absolute atomic E-state index is 5.73. The Labute approximate surface area is 125 Å². The molecule has 0 saturated heterocycles. The van der Waals surface area contributed by atoms with Crippen LogP contribution in [0.4, 0.5) is 0 Å². The predicted octanol–water partition coefficient (Wildman–Crippen LogP) is 3.97. The van der Waals surface area contributed by atoms with Crippen LogP contribution in [0.1, 0.15) is 49.0 Å². The maximum Gasteiger partial charge on any atom is 0.124 e. The molecule has 3 nitrogen and oxygen atoms in total. The largest absolute Gasteiger partial charge is 0.494 e. The SMILES string of the molecule is CCOc1ccccc1C(NC)c1nc(C(C)C)cs1. The molecule has 4 heteroatoms. The molecule has 1 aromatic heterocycles. The van der Waals surface area contributed by atoms with E-state index in [0.717, 1.165) is 22.0 Å². The number of benzene rings is 1. The quantitative estimate of drug-likeness (QED) is 0.874. The minimum atomic E-state index is 0.0789. The molecule has 0 spiro atoms. The van der Waals surface area contributed by atoms with Crippen LogP contribution in [-0.2, 0) is 0 Å². The minimum absolute atomic E-state index is 0.0789. The molecule has 108 valence electrons. The molecule has 0 aliphatic rings. The number of hydrogen-bond donors (Lipinski definition) is 1. The van der Waals surface area contributed by atoms with E-state index in [0.29, 0.717) is 12.5 Å². The third-order valence-electron chi connectivity index (χ3n) is 3.20. The van der Waals surface area contributed by atoms with E-state index in [4.69, 9.17) is 9.72 Å².